The quantitative estimate of drug-likeness (QED) is 0.923. The number of hydrogen-bond donors (Lipinski definition) is 1. The fourth-order valence-electron chi connectivity index (χ4n) is 3.36. The van der Waals surface area contributed by atoms with Crippen molar-refractivity contribution < 1.29 is 9.59 Å². The molecular weight excluding hydrogens is 300 g/mol. The Hall–Kier alpha value is -2.62. The van der Waals surface area contributed by atoms with Crippen molar-refractivity contribution in [1.82, 2.24) is 4.90 Å². The number of hydrogen-bond acceptors (Lipinski definition) is 2. The van der Waals surface area contributed by atoms with Crippen molar-refractivity contribution in [2.24, 2.45) is 0 Å². The van der Waals surface area contributed by atoms with Gasteiger partial charge in [0.25, 0.3) is 0 Å². The summed E-state index contributed by atoms with van der Waals surface area (Å²) in [6.45, 7) is 6.00. The summed E-state index contributed by atoms with van der Waals surface area (Å²) in [4.78, 5) is 26.5. The normalized spacial score (nSPS) is 16.5. The molecule has 0 aliphatic carbocycles. The first-order chi connectivity index (χ1) is 11.4. The summed E-state index contributed by atoms with van der Waals surface area (Å²) in [6.07, 6.45) is 0.548. The molecule has 0 spiro atoms. The lowest BCUT2D eigenvalue weighted by molar-refractivity contribution is -0.138. The standard InChI is InChI=1S/C20H22N2O2/c1-13-8-14(2)10-18(9-13)21-20(24)19-11-16-6-4-5-7-17(16)12-22(19)15(3)23/h4-10,19H,11-12H2,1-3H3,(H,21,24)/t19-/m1/s1. The van der Waals surface area contributed by atoms with Crippen LogP contribution in [0.3, 0.4) is 0 Å². The molecule has 1 atom stereocenters. The molecule has 1 aliphatic rings. The second kappa shape index (κ2) is 6.48. The van der Waals surface area contributed by atoms with Gasteiger partial charge >= 0.3 is 0 Å². The molecule has 0 radical (unpaired) electrons. The number of rotatable bonds is 2. The summed E-state index contributed by atoms with van der Waals surface area (Å²) in [5.74, 6) is -0.213. The fraction of sp³-hybridized carbons (Fsp3) is 0.300. The zero-order valence-corrected chi connectivity index (χ0v) is 14.3. The lowest BCUT2D eigenvalue weighted by atomic mass is 9.93. The van der Waals surface area contributed by atoms with E-state index in [4.69, 9.17) is 0 Å². The van der Waals surface area contributed by atoms with Crippen LogP contribution in [-0.2, 0) is 22.6 Å². The summed E-state index contributed by atoms with van der Waals surface area (Å²) in [6, 6.07) is 13.5. The van der Waals surface area contributed by atoms with Crippen LogP contribution in [0.5, 0.6) is 0 Å². The van der Waals surface area contributed by atoms with Crippen LogP contribution in [0.4, 0.5) is 5.69 Å². The van der Waals surface area contributed by atoms with Gasteiger partial charge in [-0.25, -0.2) is 0 Å². The third-order valence-corrected chi connectivity index (χ3v) is 4.44. The molecule has 4 nitrogen and oxygen atoms in total. The Kier molecular flexibility index (Phi) is 4.38. The second-order valence-electron chi connectivity index (χ2n) is 6.50. The zero-order valence-electron chi connectivity index (χ0n) is 14.3. The van der Waals surface area contributed by atoms with Gasteiger partial charge in [0.15, 0.2) is 0 Å². The SMILES string of the molecule is CC(=O)N1Cc2ccccc2C[C@@H]1C(=O)Nc1cc(C)cc(C)c1. The number of nitrogens with zero attached hydrogens (tertiary/aromatic N) is 1. The molecule has 1 heterocycles. The van der Waals surface area contributed by atoms with Gasteiger partial charge in [-0.3, -0.25) is 9.59 Å². The number of nitrogens with one attached hydrogen (secondary N) is 1. The molecule has 2 aromatic rings. The van der Waals surface area contributed by atoms with Crippen LogP contribution < -0.4 is 5.32 Å². The lowest BCUT2D eigenvalue weighted by Gasteiger charge is -2.35. The van der Waals surface area contributed by atoms with Crippen LogP contribution in [0.15, 0.2) is 42.5 Å². The van der Waals surface area contributed by atoms with E-state index in [9.17, 15) is 9.59 Å². The summed E-state index contributed by atoms with van der Waals surface area (Å²) in [7, 11) is 0. The van der Waals surface area contributed by atoms with Gasteiger partial charge in [-0.15, -0.1) is 0 Å². The number of benzene rings is 2. The van der Waals surface area contributed by atoms with Gasteiger partial charge < -0.3 is 10.2 Å². The van der Waals surface area contributed by atoms with Crippen molar-refractivity contribution in [2.75, 3.05) is 5.32 Å². The van der Waals surface area contributed by atoms with Crippen molar-refractivity contribution in [2.45, 2.75) is 39.8 Å². The van der Waals surface area contributed by atoms with Crippen molar-refractivity contribution in [1.29, 1.82) is 0 Å². The highest BCUT2D eigenvalue weighted by atomic mass is 16.2. The van der Waals surface area contributed by atoms with E-state index in [1.807, 2.05) is 50.2 Å². The molecule has 3 rings (SSSR count). The van der Waals surface area contributed by atoms with Gasteiger partial charge in [0, 0.05) is 25.6 Å². The number of anilines is 1. The Balaban J connectivity index is 1.85. The summed E-state index contributed by atoms with van der Waals surface area (Å²) < 4.78 is 0. The molecule has 2 amide bonds. The molecule has 1 aliphatic heterocycles. The first-order valence-corrected chi connectivity index (χ1v) is 8.17. The average molecular weight is 322 g/mol. The number of carbonyl (C=O) groups is 2. The molecule has 0 saturated heterocycles. The Morgan fingerprint density at radius 1 is 1.04 bits per heavy atom. The number of aryl methyl sites for hydroxylation is 2. The molecule has 0 bridgehead atoms. The van der Waals surface area contributed by atoms with Crippen LogP contribution in [0.1, 0.15) is 29.2 Å². The van der Waals surface area contributed by atoms with Crippen molar-refractivity contribution in [3.8, 4) is 0 Å². The van der Waals surface area contributed by atoms with E-state index in [0.29, 0.717) is 13.0 Å². The number of carbonyl (C=O) groups excluding carboxylic acids is 2. The minimum absolute atomic E-state index is 0.0786. The van der Waals surface area contributed by atoms with Gasteiger partial charge in [0.05, 0.1) is 0 Å². The van der Waals surface area contributed by atoms with E-state index in [1.165, 1.54) is 6.92 Å². The van der Waals surface area contributed by atoms with Gasteiger partial charge in [-0.2, -0.15) is 0 Å². The predicted octanol–water partition coefficient (Wildman–Crippen LogP) is 3.22. The Labute approximate surface area is 142 Å². The second-order valence-corrected chi connectivity index (χ2v) is 6.50. The maximum Gasteiger partial charge on any atom is 0.247 e. The third-order valence-electron chi connectivity index (χ3n) is 4.44. The molecule has 24 heavy (non-hydrogen) atoms. The van der Waals surface area contributed by atoms with Gasteiger partial charge in [0.1, 0.15) is 6.04 Å². The van der Waals surface area contributed by atoms with Crippen molar-refractivity contribution in [3.05, 3.63) is 64.7 Å². The van der Waals surface area contributed by atoms with E-state index in [0.717, 1.165) is 27.9 Å². The number of amides is 2. The molecule has 124 valence electrons. The fourth-order valence-corrected chi connectivity index (χ4v) is 3.36. The molecule has 0 unspecified atom stereocenters. The van der Waals surface area contributed by atoms with E-state index < -0.39 is 6.04 Å². The van der Waals surface area contributed by atoms with Crippen LogP contribution in [-0.4, -0.2) is 22.8 Å². The predicted molar refractivity (Wildman–Crippen MR) is 94.7 cm³/mol. The first kappa shape index (κ1) is 16.2. The van der Waals surface area contributed by atoms with E-state index in [-0.39, 0.29) is 11.8 Å². The lowest BCUT2D eigenvalue weighted by Crippen LogP contribution is -2.49. The van der Waals surface area contributed by atoms with Crippen molar-refractivity contribution in [3.63, 3.8) is 0 Å². The summed E-state index contributed by atoms with van der Waals surface area (Å²) >= 11 is 0. The Morgan fingerprint density at radius 3 is 2.29 bits per heavy atom. The smallest absolute Gasteiger partial charge is 0.247 e. The molecule has 1 N–H and O–H groups in total. The molecule has 0 fully saturated rings. The third kappa shape index (κ3) is 3.32. The van der Waals surface area contributed by atoms with Crippen LogP contribution in [0.2, 0.25) is 0 Å². The first-order valence-electron chi connectivity index (χ1n) is 8.17. The monoisotopic (exact) mass is 322 g/mol. The highest BCUT2D eigenvalue weighted by Crippen LogP contribution is 2.24. The van der Waals surface area contributed by atoms with Gasteiger partial charge in [-0.05, 0) is 48.2 Å². The van der Waals surface area contributed by atoms with Gasteiger partial charge in [-0.1, -0.05) is 30.3 Å². The van der Waals surface area contributed by atoms with E-state index in [1.54, 1.807) is 4.90 Å². The largest absolute Gasteiger partial charge is 0.326 e. The van der Waals surface area contributed by atoms with Crippen molar-refractivity contribution >= 4 is 17.5 Å². The van der Waals surface area contributed by atoms with Crippen LogP contribution in [0, 0.1) is 13.8 Å². The van der Waals surface area contributed by atoms with Crippen LogP contribution >= 0.6 is 0 Å². The number of fused-ring (bicyclic) bond motifs is 1. The van der Waals surface area contributed by atoms with E-state index >= 15 is 0 Å². The molecule has 2 aromatic carbocycles. The van der Waals surface area contributed by atoms with Crippen LogP contribution in [0.25, 0.3) is 0 Å². The topological polar surface area (TPSA) is 49.4 Å². The highest BCUT2D eigenvalue weighted by Gasteiger charge is 2.33. The molecule has 0 aromatic heterocycles. The summed E-state index contributed by atoms with van der Waals surface area (Å²) in [5, 5.41) is 2.98. The maximum atomic E-state index is 12.8. The van der Waals surface area contributed by atoms with E-state index in [2.05, 4.69) is 11.4 Å². The zero-order chi connectivity index (χ0) is 17.3. The summed E-state index contributed by atoms with van der Waals surface area (Å²) in [5.41, 5.74) is 5.23. The minimum atomic E-state index is -0.474. The Morgan fingerprint density at radius 2 is 1.67 bits per heavy atom. The maximum absolute atomic E-state index is 12.8. The minimum Gasteiger partial charge on any atom is -0.326 e. The highest BCUT2D eigenvalue weighted by molar-refractivity contribution is 5.97. The Bertz CT molecular complexity index is 778. The molecule has 0 saturated carbocycles. The van der Waals surface area contributed by atoms with Gasteiger partial charge in [0.2, 0.25) is 11.8 Å². The average Bonchev–Trinajstić information content (AvgIpc) is 2.52. The molecule has 4 heteroatoms. The molecular formula is C20H22N2O2.